The van der Waals surface area contributed by atoms with Crippen molar-refractivity contribution in [3.05, 3.63) is 35.4 Å². The third kappa shape index (κ3) is 3.23. The molecular formula is C15H21ClO. The van der Waals surface area contributed by atoms with Crippen LogP contribution in [0.3, 0.4) is 0 Å². The van der Waals surface area contributed by atoms with Crippen LogP contribution in [0.4, 0.5) is 0 Å². The van der Waals surface area contributed by atoms with Crippen LogP contribution in [0.25, 0.3) is 0 Å². The lowest BCUT2D eigenvalue weighted by Crippen LogP contribution is -2.08. The lowest BCUT2D eigenvalue weighted by molar-refractivity contribution is 0.120. The summed E-state index contributed by atoms with van der Waals surface area (Å²) in [6.07, 6.45) is 3.78. The maximum absolute atomic E-state index is 6.53. The van der Waals surface area contributed by atoms with Gasteiger partial charge in [0, 0.05) is 5.92 Å². The highest BCUT2D eigenvalue weighted by Gasteiger charge is 2.29. The summed E-state index contributed by atoms with van der Waals surface area (Å²) in [6.45, 7) is 5.12. The van der Waals surface area contributed by atoms with Crippen LogP contribution in [0.15, 0.2) is 24.3 Å². The van der Waals surface area contributed by atoms with Gasteiger partial charge in [-0.3, -0.25) is 0 Å². The fourth-order valence-corrected chi connectivity index (χ4v) is 2.80. The van der Waals surface area contributed by atoms with Gasteiger partial charge in [0.2, 0.25) is 0 Å². The molecule has 0 bridgehead atoms. The van der Waals surface area contributed by atoms with Gasteiger partial charge in [0.1, 0.15) is 0 Å². The molecule has 17 heavy (non-hydrogen) atoms. The van der Waals surface area contributed by atoms with Crippen LogP contribution in [0.2, 0.25) is 0 Å². The normalized spacial score (nSPS) is 26.1. The van der Waals surface area contributed by atoms with E-state index in [9.17, 15) is 0 Å². The lowest BCUT2D eigenvalue weighted by atomic mass is 9.95. The molecule has 1 nitrogen and oxygen atoms in total. The number of alkyl halides is 1. The quantitative estimate of drug-likeness (QED) is 0.725. The minimum Gasteiger partial charge on any atom is -0.378 e. The number of hydrogen-bond donors (Lipinski definition) is 0. The van der Waals surface area contributed by atoms with Gasteiger partial charge in [0.25, 0.3) is 0 Å². The minimum atomic E-state index is 0.0932. The third-order valence-corrected chi connectivity index (χ3v) is 4.09. The number of hydrogen-bond acceptors (Lipinski definition) is 1. The third-order valence-electron chi connectivity index (χ3n) is 3.48. The van der Waals surface area contributed by atoms with E-state index >= 15 is 0 Å². The largest absolute Gasteiger partial charge is 0.378 e. The van der Waals surface area contributed by atoms with Gasteiger partial charge in [-0.05, 0) is 30.9 Å². The van der Waals surface area contributed by atoms with Crippen LogP contribution >= 0.6 is 11.6 Å². The van der Waals surface area contributed by atoms with Gasteiger partial charge in [-0.1, -0.05) is 37.6 Å². The fraction of sp³-hybridized carbons (Fsp3) is 0.600. The van der Waals surface area contributed by atoms with Crippen molar-refractivity contribution in [3.63, 3.8) is 0 Å². The Hall–Kier alpha value is -0.530. The highest BCUT2D eigenvalue weighted by atomic mass is 35.5. The predicted octanol–water partition coefficient (Wildman–Crippen LogP) is 4.34. The Labute approximate surface area is 109 Å². The first-order chi connectivity index (χ1) is 8.20. The van der Waals surface area contributed by atoms with Crippen molar-refractivity contribution in [2.24, 2.45) is 5.92 Å². The molecule has 1 saturated heterocycles. The Morgan fingerprint density at radius 2 is 2.06 bits per heavy atom. The summed E-state index contributed by atoms with van der Waals surface area (Å²) in [7, 11) is 0. The lowest BCUT2D eigenvalue weighted by Gasteiger charge is -2.16. The second-order valence-electron chi connectivity index (χ2n) is 5.03. The highest BCUT2D eigenvalue weighted by molar-refractivity contribution is 6.21. The summed E-state index contributed by atoms with van der Waals surface area (Å²) in [5.41, 5.74) is 2.63. The average molecular weight is 253 g/mol. The molecule has 1 fully saturated rings. The van der Waals surface area contributed by atoms with Crippen molar-refractivity contribution in [2.45, 2.75) is 44.6 Å². The van der Waals surface area contributed by atoms with Crippen molar-refractivity contribution in [2.75, 3.05) is 6.61 Å². The molecule has 3 atom stereocenters. The SMILES string of the molecule is CCCc1ccc(C(Cl)C2COC(C)C2)cc1. The van der Waals surface area contributed by atoms with Crippen LogP contribution < -0.4 is 0 Å². The molecule has 0 spiro atoms. The number of halogens is 1. The summed E-state index contributed by atoms with van der Waals surface area (Å²) < 4.78 is 5.59. The van der Waals surface area contributed by atoms with E-state index in [1.807, 2.05) is 0 Å². The zero-order valence-electron chi connectivity index (χ0n) is 10.7. The predicted molar refractivity (Wildman–Crippen MR) is 72.6 cm³/mol. The topological polar surface area (TPSA) is 9.23 Å². The molecule has 0 amide bonds. The van der Waals surface area contributed by atoms with Gasteiger partial charge < -0.3 is 4.74 Å². The molecule has 2 heteroatoms. The summed E-state index contributed by atoms with van der Waals surface area (Å²) >= 11 is 6.53. The summed E-state index contributed by atoms with van der Waals surface area (Å²) in [4.78, 5) is 0. The molecule has 0 radical (unpaired) electrons. The van der Waals surface area contributed by atoms with Crippen molar-refractivity contribution < 1.29 is 4.74 Å². The Bertz CT molecular complexity index is 346. The second kappa shape index (κ2) is 5.88. The molecule has 1 aromatic carbocycles. The zero-order valence-corrected chi connectivity index (χ0v) is 11.4. The number of rotatable bonds is 4. The van der Waals surface area contributed by atoms with Gasteiger partial charge in [-0.15, -0.1) is 11.6 Å². The standard InChI is InChI=1S/C15H21ClO/c1-3-4-12-5-7-13(8-6-12)15(16)14-9-11(2)17-10-14/h5-8,11,14-15H,3-4,9-10H2,1-2H3. The maximum atomic E-state index is 6.53. The maximum Gasteiger partial charge on any atom is 0.0636 e. The number of aryl methyl sites for hydroxylation is 1. The van der Waals surface area contributed by atoms with Crippen LogP contribution in [0, 0.1) is 5.92 Å². The van der Waals surface area contributed by atoms with E-state index in [0.717, 1.165) is 19.4 Å². The highest BCUT2D eigenvalue weighted by Crippen LogP contribution is 2.36. The molecular weight excluding hydrogens is 232 g/mol. The van der Waals surface area contributed by atoms with Crippen molar-refractivity contribution in [3.8, 4) is 0 Å². The van der Waals surface area contributed by atoms with Gasteiger partial charge in [0.15, 0.2) is 0 Å². The van der Waals surface area contributed by atoms with Crippen LogP contribution in [0.5, 0.6) is 0 Å². The van der Waals surface area contributed by atoms with Crippen molar-refractivity contribution >= 4 is 11.6 Å². The fourth-order valence-electron chi connectivity index (χ4n) is 2.48. The number of benzene rings is 1. The van der Waals surface area contributed by atoms with E-state index < -0.39 is 0 Å². The van der Waals surface area contributed by atoms with Gasteiger partial charge in [-0.25, -0.2) is 0 Å². The van der Waals surface area contributed by atoms with Crippen LogP contribution in [-0.4, -0.2) is 12.7 Å². The van der Waals surface area contributed by atoms with E-state index in [0.29, 0.717) is 12.0 Å². The molecule has 1 aliphatic heterocycles. The Kier molecular flexibility index (Phi) is 4.47. The molecule has 0 aromatic heterocycles. The smallest absolute Gasteiger partial charge is 0.0636 e. The Morgan fingerprint density at radius 1 is 1.35 bits per heavy atom. The summed E-state index contributed by atoms with van der Waals surface area (Å²) in [6, 6.07) is 8.75. The Balaban J connectivity index is 2.01. The van der Waals surface area contributed by atoms with Gasteiger partial charge in [0.05, 0.1) is 18.1 Å². The Morgan fingerprint density at radius 3 is 2.59 bits per heavy atom. The molecule has 1 aromatic rings. The van der Waals surface area contributed by atoms with Gasteiger partial charge >= 0.3 is 0 Å². The monoisotopic (exact) mass is 252 g/mol. The summed E-state index contributed by atoms with van der Waals surface area (Å²) in [5, 5.41) is 0.0932. The van der Waals surface area contributed by atoms with Gasteiger partial charge in [-0.2, -0.15) is 0 Å². The van der Waals surface area contributed by atoms with E-state index in [1.165, 1.54) is 17.5 Å². The first kappa shape index (κ1) is 12.9. The summed E-state index contributed by atoms with van der Waals surface area (Å²) in [5.74, 6) is 0.462. The molecule has 3 unspecified atom stereocenters. The first-order valence-corrected chi connectivity index (χ1v) is 6.99. The molecule has 1 aliphatic rings. The van der Waals surface area contributed by atoms with E-state index in [1.54, 1.807) is 0 Å². The van der Waals surface area contributed by atoms with E-state index in [2.05, 4.69) is 38.1 Å². The molecule has 1 heterocycles. The zero-order chi connectivity index (χ0) is 12.3. The average Bonchev–Trinajstić information content (AvgIpc) is 2.76. The second-order valence-corrected chi connectivity index (χ2v) is 5.50. The molecule has 94 valence electrons. The van der Waals surface area contributed by atoms with E-state index in [-0.39, 0.29) is 5.38 Å². The number of ether oxygens (including phenoxy) is 1. The molecule has 0 aliphatic carbocycles. The molecule has 0 N–H and O–H groups in total. The molecule has 0 saturated carbocycles. The minimum absolute atomic E-state index is 0.0932. The van der Waals surface area contributed by atoms with Crippen molar-refractivity contribution in [1.82, 2.24) is 0 Å². The van der Waals surface area contributed by atoms with Crippen molar-refractivity contribution in [1.29, 1.82) is 0 Å². The first-order valence-electron chi connectivity index (χ1n) is 6.55. The van der Waals surface area contributed by atoms with Crippen LogP contribution in [0.1, 0.15) is 43.2 Å². The van der Waals surface area contributed by atoms with Crippen LogP contribution in [-0.2, 0) is 11.2 Å². The van der Waals surface area contributed by atoms with E-state index in [4.69, 9.17) is 16.3 Å². The molecule has 2 rings (SSSR count).